The molecular weight excluding hydrogens is 400 g/mol. The average molecular weight is 427 g/mol. The van der Waals surface area contributed by atoms with Crippen LogP contribution in [-0.2, 0) is 6.54 Å². The number of anilines is 1. The van der Waals surface area contributed by atoms with Crippen LogP contribution in [0.15, 0.2) is 60.8 Å². The smallest absolute Gasteiger partial charge is 0.249 e. The maximum Gasteiger partial charge on any atom is 0.249 e. The summed E-state index contributed by atoms with van der Waals surface area (Å²) in [6, 6.07) is 18.0. The summed E-state index contributed by atoms with van der Waals surface area (Å²) in [6.45, 7) is 3.66. The van der Waals surface area contributed by atoms with Crippen LogP contribution in [0.3, 0.4) is 0 Å². The minimum atomic E-state index is -0.443. The van der Waals surface area contributed by atoms with Gasteiger partial charge in [0.2, 0.25) is 11.9 Å². The van der Waals surface area contributed by atoms with Crippen molar-refractivity contribution in [3.8, 4) is 5.95 Å². The van der Waals surface area contributed by atoms with Crippen molar-refractivity contribution in [2.75, 3.05) is 11.9 Å². The summed E-state index contributed by atoms with van der Waals surface area (Å²) in [4.78, 5) is 21.6. The molecule has 7 heteroatoms. The monoisotopic (exact) mass is 426 g/mol. The zero-order valence-electron chi connectivity index (χ0n) is 18.0. The third kappa shape index (κ3) is 3.71. The van der Waals surface area contributed by atoms with Crippen molar-refractivity contribution in [3.05, 3.63) is 83.2 Å². The van der Waals surface area contributed by atoms with E-state index in [1.807, 2.05) is 54.1 Å². The first-order chi connectivity index (χ1) is 15.6. The number of carbonyl (C=O) groups excluding carboxylic acids is 1. The van der Waals surface area contributed by atoms with E-state index in [0.717, 1.165) is 47.4 Å². The van der Waals surface area contributed by atoms with Gasteiger partial charge >= 0.3 is 0 Å². The fraction of sp³-hybridized carbons (Fsp3) is 0.240. The van der Waals surface area contributed by atoms with Gasteiger partial charge in [-0.25, -0.2) is 4.98 Å². The zero-order chi connectivity index (χ0) is 22.1. The first-order valence-corrected chi connectivity index (χ1v) is 10.9. The first-order valence-electron chi connectivity index (χ1n) is 10.9. The van der Waals surface area contributed by atoms with Crippen LogP contribution in [0.25, 0.3) is 16.9 Å². The molecule has 32 heavy (non-hydrogen) atoms. The minimum Gasteiger partial charge on any atom is -0.366 e. The summed E-state index contributed by atoms with van der Waals surface area (Å²) in [6.07, 6.45) is 4.12. The van der Waals surface area contributed by atoms with Crippen LogP contribution < -0.4 is 16.4 Å². The van der Waals surface area contributed by atoms with Gasteiger partial charge in [0.05, 0.1) is 5.52 Å². The molecule has 4 aromatic rings. The molecule has 1 fully saturated rings. The van der Waals surface area contributed by atoms with Crippen molar-refractivity contribution >= 4 is 22.6 Å². The van der Waals surface area contributed by atoms with Crippen LogP contribution in [-0.4, -0.2) is 27.0 Å². The standard InChI is InChI=1S/C25H26N6O/c1-16-13-19-18(23(26)32)9-5-11-22(19)31(16)25-29-15-20(21-10-6-12-27-21)24(30-25)28-14-17-7-3-2-4-8-17/h2-5,7-9,11,13,15,21,27H,6,10,12,14H2,1H3,(H2,26,32)(H,28,29,30). The van der Waals surface area contributed by atoms with Crippen LogP contribution in [0.1, 0.15) is 46.1 Å². The SMILES string of the molecule is Cc1cc2c(C(N)=O)cccc2n1-c1ncc(C2CCCN2)c(NCc2ccccc2)n1. The second-order valence-corrected chi connectivity index (χ2v) is 8.19. The lowest BCUT2D eigenvalue weighted by molar-refractivity contribution is 0.100. The van der Waals surface area contributed by atoms with Gasteiger partial charge < -0.3 is 16.4 Å². The van der Waals surface area contributed by atoms with Crippen LogP contribution >= 0.6 is 0 Å². The lowest BCUT2D eigenvalue weighted by Gasteiger charge is -2.18. The van der Waals surface area contributed by atoms with E-state index in [9.17, 15) is 4.79 Å². The number of aryl methyl sites for hydroxylation is 1. The van der Waals surface area contributed by atoms with Crippen molar-refractivity contribution < 1.29 is 4.79 Å². The van der Waals surface area contributed by atoms with Gasteiger partial charge in [0, 0.05) is 41.0 Å². The molecule has 1 aliphatic heterocycles. The Bertz CT molecular complexity index is 1270. The second-order valence-electron chi connectivity index (χ2n) is 8.19. The van der Waals surface area contributed by atoms with Gasteiger partial charge in [0.1, 0.15) is 5.82 Å². The number of hydrogen-bond acceptors (Lipinski definition) is 5. The van der Waals surface area contributed by atoms with Gasteiger partial charge in [0.25, 0.3) is 0 Å². The van der Waals surface area contributed by atoms with Gasteiger partial charge in [-0.1, -0.05) is 36.4 Å². The minimum absolute atomic E-state index is 0.242. The molecule has 3 heterocycles. The number of nitrogens with zero attached hydrogens (tertiary/aromatic N) is 3. The maximum absolute atomic E-state index is 11.9. The molecule has 1 atom stereocenters. The van der Waals surface area contributed by atoms with Crippen molar-refractivity contribution in [2.24, 2.45) is 5.73 Å². The normalized spacial score (nSPS) is 15.8. The summed E-state index contributed by atoms with van der Waals surface area (Å²) < 4.78 is 1.97. The summed E-state index contributed by atoms with van der Waals surface area (Å²) >= 11 is 0. The number of primary amides is 1. The molecule has 5 rings (SSSR count). The molecule has 2 aromatic carbocycles. The highest BCUT2D eigenvalue weighted by Crippen LogP contribution is 2.30. The molecule has 7 nitrogen and oxygen atoms in total. The highest BCUT2D eigenvalue weighted by molar-refractivity contribution is 6.06. The van der Waals surface area contributed by atoms with E-state index in [0.29, 0.717) is 18.1 Å². The molecule has 0 saturated carbocycles. The predicted octanol–water partition coefficient (Wildman–Crippen LogP) is 3.86. The number of nitrogens with two attached hydrogens (primary N) is 1. The Morgan fingerprint density at radius 3 is 2.81 bits per heavy atom. The summed E-state index contributed by atoms with van der Waals surface area (Å²) in [7, 11) is 0. The molecular formula is C25H26N6O. The number of amides is 1. The molecule has 1 amide bonds. The Hall–Kier alpha value is -3.71. The van der Waals surface area contributed by atoms with Crippen LogP contribution in [0.2, 0.25) is 0 Å². The highest BCUT2D eigenvalue weighted by atomic mass is 16.1. The summed E-state index contributed by atoms with van der Waals surface area (Å²) in [5, 5.41) is 7.88. The number of rotatable bonds is 6. The van der Waals surface area contributed by atoms with Crippen molar-refractivity contribution in [1.29, 1.82) is 0 Å². The van der Waals surface area contributed by atoms with Gasteiger partial charge in [-0.2, -0.15) is 4.98 Å². The average Bonchev–Trinajstić information content (AvgIpc) is 3.45. The topological polar surface area (TPSA) is 97.9 Å². The van der Waals surface area contributed by atoms with Gasteiger partial charge in [0.15, 0.2) is 0 Å². The van der Waals surface area contributed by atoms with E-state index in [1.165, 1.54) is 5.56 Å². The Morgan fingerprint density at radius 1 is 1.22 bits per heavy atom. The number of fused-ring (bicyclic) bond motifs is 1. The van der Waals surface area contributed by atoms with E-state index in [2.05, 4.69) is 22.8 Å². The Morgan fingerprint density at radius 2 is 2.06 bits per heavy atom. The quantitative estimate of drug-likeness (QED) is 0.435. The molecule has 1 unspecified atom stereocenters. The molecule has 0 bridgehead atoms. The maximum atomic E-state index is 11.9. The molecule has 0 radical (unpaired) electrons. The number of hydrogen-bond donors (Lipinski definition) is 3. The Balaban J connectivity index is 1.58. The zero-order valence-corrected chi connectivity index (χ0v) is 18.0. The lowest BCUT2D eigenvalue weighted by atomic mass is 10.1. The van der Waals surface area contributed by atoms with Crippen molar-refractivity contribution in [2.45, 2.75) is 32.4 Å². The van der Waals surface area contributed by atoms with Gasteiger partial charge in [-0.05, 0) is 50.1 Å². The molecule has 4 N–H and O–H groups in total. The molecule has 1 saturated heterocycles. The third-order valence-corrected chi connectivity index (χ3v) is 6.04. The summed E-state index contributed by atoms with van der Waals surface area (Å²) in [5.41, 5.74) is 10.2. The summed E-state index contributed by atoms with van der Waals surface area (Å²) in [5.74, 6) is 0.948. The number of carbonyl (C=O) groups is 1. The van der Waals surface area contributed by atoms with Crippen molar-refractivity contribution in [1.82, 2.24) is 19.9 Å². The predicted molar refractivity (Wildman–Crippen MR) is 126 cm³/mol. The van der Waals surface area contributed by atoms with Gasteiger partial charge in [-0.3, -0.25) is 9.36 Å². The largest absolute Gasteiger partial charge is 0.366 e. The Kier molecular flexibility index (Phi) is 5.33. The second kappa shape index (κ2) is 8.43. The van der Waals surface area contributed by atoms with Crippen LogP contribution in [0.4, 0.5) is 5.82 Å². The molecule has 2 aromatic heterocycles. The number of aromatic nitrogens is 3. The van der Waals surface area contributed by atoms with Crippen LogP contribution in [0, 0.1) is 6.92 Å². The molecule has 1 aliphatic rings. The first kappa shape index (κ1) is 20.2. The van der Waals surface area contributed by atoms with Crippen LogP contribution in [0.5, 0.6) is 0 Å². The van der Waals surface area contributed by atoms with Gasteiger partial charge in [-0.15, -0.1) is 0 Å². The van der Waals surface area contributed by atoms with Crippen molar-refractivity contribution in [3.63, 3.8) is 0 Å². The Labute approximate surface area is 186 Å². The number of benzene rings is 2. The molecule has 0 aliphatic carbocycles. The molecule has 162 valence electrons. The van der Waals surface area contributed by atoms with E-state index in [1.54, 1.807) is 6.07 Å². The van der Waals surface area contributed by atoms with E-state index in [4.69, 9.17) is 15.7 Å². The van der Waals surface area contributed by atoms with E-state index in [-0.39, 0.29) is 6.04 Å². The number of nitrogens with one attached hydrogen (secondary N) is 2. The highest BCUT2D eigenvalue weighted by Gasteiger charge is 2.22. The third-order valence-electron chi connectivity index (χ3n) is 6.04. The lowest BCUT2D eigenvalue weighted by Crippen LogP contribution is -2.18. The van der Waals surface area contributed by atoms with E-state index < -0.39 is 5.91 Å². The fourth-order valence-corrected chi connectivity index (χ4v) is 4.46. The van der Waals surface area contributed by atoms with E-state index >= 15 is 0 Å². The molecule has 0 spiro atoms. The fourth-order valence-electron chi connectivity index (χ4n) is 4.46.